The second kappa shape index (κ2) is 8.35. The average Bonchev–Trinajstić information content (AvgIpc) is 2.69. The molecule has 28 heavy (non-hydrogen) atoms. The Morgan fingerprint density at radius 3 is 2.46 bits per heavy atom. The lowest BCUT2D eigenvalue weighted by atomic mass is 10.1. The molecule has 7 nitrogen and oxygen atoms in total. The van der Waals surface area contributed by atoms with E-state index in [9.17, 15) is 19.3 Å². The molecule has 1 aliphatic heterocycles. The number of aryl methyl sites for hydroxylation is 1. The number of non-ortho nitro benzene ring substituents is 1. The third-order valence-electron chi connectivity index (χ3n) is 5.11. The summed E-state index contributed by atoms with van der Waals surface area (Å²) >= 11 is 0. The highest BCUT2D eigenvalue weighted by atomic mass is 19.1. The molecule has 1 fully saturated rings. The maximum absolute atomic E-state index is 14.0. The standard InChI is InChI=1S/C20H23FN4O3/c1-14-13-16(25(27)28)7-8-18(14)22-20(26)15(2)23-9-11-24(12-10-23)19-6-4-3-5-17(19)21/h3-8,13,15H,9-12H2,1-2H3,(H,22,26)/t15-/m1/s1. The summed E-state index contributed by atoms with van der Waals surface area (Å²) in [5, 5.41) is 13.7. The second-order valence-electron chi connectivity index (χ2n) is 6.90. The molecule has 2 aromatic rings. The van der Waals surface area contributed by atoms with Crippen molar-refractivity contribution in [3.05, 3.63) is 64.0 Å². The first-order valence-electron chi connectivity index (χ1n) is 9.16. The van der Waals surface area contributed by atoms with Crippen molar-refractivity contribution in [3.8, 4) is 0 Å². The van der Waals surface area contributed by atoms with Gasteiger partial charge in [-0.1, -0.05) is 12.1 Å². The zero-order valence-corrected chi connectivity index (χ0v) is 15.9. The van der Waals surface area contributed by atoms with E-state index in [0.29, 0.717) is 43.1 Å². The first-order valence-corrected chi connectivity index (χ1v) is 9.16. The summed E-state index contributed by atoms with van der Waals surface area (Å²) in [6.45, 7) is 6.10. The topological polar surface area (TPSA) is 78.7 Å². The van der Waals surface area contributed by atoms with Crippen LogP contribution >= 0.6 is 0 Å². The van der Waals surface area contributed by atoms with Crippen LogP contribution in [0.1, 0.15) is 12.5 Å². The fourth-order valence-electron chi connectivity index (χ4n) is 3.36. The fourth-order valence-corrected chi connectivity index (χ4v) is 3.36. The lowest BCUT2D eigenvalue weighted by Gasteiger charge is -2.38. The molecule has 1 atom stereocenters. The van der Waals surface area contributed by atoms with Crippen LogP contribution in [0.4, 0.5) is 21.5 Å². The number of piperazine rings is 1. The summed E-state index contributed by atoms with van der Waals surface area (Å²) in [4.78, 5) is 27.0. The highest BCUT2D eigenvalue weighted by Crippen LogP contribution is 2.23. The summed E-state index contributed by atoms with van der Waals surface area (Å²) in [5.74, 6) is -0.410. The van der Waals surface area contributed by atoms with E-state index in [1.807, 2.05) is 22.8 Å². The van der Waals surface area contributed by atoms with Gasteiger partial charge in [-0.25, -0.2) is 4.39 Å². The monoisotopic (exact) mass is 386 g/mol. The third-order valence-corrected chi connectivity index (χ3v) is 5.11. The Morgan fingerprint density at radius 1 is 1.18 bits per heavy atom. The molecule has 0 aromatic heterocycles. The Morgan fingerprint density at radius 2 is 1.86 bits per heavy atom. The summed E-state index contributed by atoms with van der Waals surface area (Å²) < 4.78 is 14.0. The smallest absolute Gasteiger partial charge is 0.269 e. The van der Waals surface area contributed by atoms with Gasteiger partial charge >= 0.3 is 0 Å². The van der Waals surface area contributed by atoms with Crippen molar-refractivity contribution in [1.29, 1.82) is 0 Å². The fraction of sp³-hybridized carbons (Fsp3) is 0.350. The predicted octanol–water partition coefficient (Wildman–Crippen LogP) is 3.19. The van der Waals surface area contributed by atoms with Gasteiger partial charge < -0.3 is 10.2 Å². The molecule has 148 valence electrons. The highest BCUT2D eigenvalue weighted by molar-refractivity contribution is 5.95. The SMILES string of the molecule is Cc1cc([N+](=O)[O-])ccc1NC(=O)[C@@H](C)N1CCN(c2ccccc2F)CC1. The van der Waals surface area contributed by atoms with E-state index in [-0.39, 0.29) is 23.5 Å². The molecule has 1 N–H and O–H groups in total. The van der Waals surface area contributed by atoms with Gasteiger partial charge in [-0.3, -0.25) is 19.8 Å². The summed E-state index contributed by atoms with van der Waals surface area (Å²) in [7, 11) is 0. The molecule has 0 unspecified atom stereocenters. The van der Waals surface area contributed by atoms with Crippen LogP contribution in [0.2, 0.25) is 0 Å². The van der Waals surface area contributed by atoms with Gasteiger partial charge in [0.05, 0.1) is 16.7 Å². The summed E-state index contributed by atoms with van der Waals surface area (Å²) in [6, 6.07) is 10.7. The molecule has 0 aliphatic carbocycles. The molecular weight excluding hydrogens is 363 g/mol. The predicted molar refractivity (Wildman–Crippen MR) is 106 cm³/mol. The first-order chi connectivity index (χ1) is 13.4. The number of halogens is 1. The Hall–Kier alpha value is -3.00. The summed E-state index contributed by atoms with van der Waals surface area (Å²) in [5.41, 5.74) is 1.78. The zero-order chi connectivity index (χ0) is 20.3. The Balaban J connectivity index is 1.59. The molecule has 0 saturated carbocycles. The van der Waals surface area contributed by atoms with E-state index < -0.39 is 4.92 Å². The van der Waals surface area contributed by atoms with Crippen LogP contribution in [-0.4, -0.2) is 48.0 Å². The number of para-hydroxylation sites is 1. The summed E-state index contributed by atoms with van der Waals surface area (Å²) in [6.07, 6.45) is 0. The van der Waals surface area contributed by atoms with Crippen LogP contribution in [0.25, 0.3) is 0 Å². The van der Waals surface area contributed by atoms with Crippen LogP contribution in [0, 0.1) is 22.9 Å². The van der Waals surface area contributed by atoms with Crippen LogP contribution in [-0.2, 0) is 4.79 Å². The van der Waals surface area contributed by atoms with Gasteiger partial charge in [-0.05, 0) is 37.6 Å². The third kappa shape index (κ3) is 4.28. The molecule has 1 aliphatic rings. The zero-order valence-electron chi connectivity index (χ0n) is 15.9. The van der Waals surface area contributed by atoms with E-state index in [1.165, 1.54) is 18.2 Å². The van der Waals surface area contributed by atoms with E-state index in [0.717, 1.165) is 0 Å². The number of anilines is 2. The molecule has 1 heterocycles. The first kappa shape index (κ1) is 19.8. The highest BCUT2D eigenvalue weighted by Gasteiger charge is 2.27. The molecule has 2 aromatic carbocycles. The number of rotatable bonds is 5. The maximum atomic E-state index is 14.0. The number of benzene rings is 2. The number of amides is 1. The van der Waals surface area contributed by atoms with Crippen molar-refractivity contribution in [3.63, 3.8) is 0 Å². The largest absolute Gasteiger partial charge is 0.367 e. The molecule has 0 bridgehead atoms. The lowest BCUT2D eigenvalue weighted by Crippen LogP contribution is -2.53. The van der Waals surface area contributed by atoms with Crippen molar-refractivity contribution in [1.82, 2.24) is 4.90 Å². The van der Waals surface area contributed by atoms with Gasteiger partial charge in [-0.15, -0.1) is 0 Å². The van der Waals surface area contributed by atoms with Gasteiger partial charge in [0.15, 0.2) is 0 Å². The number of nitro groups is 1. The van der Waals surface area contributed by atoms with Gasteiger partial charge in [0.25, 0.3) is 5.69 Å². The van der Waals surface area contributed by atoms with Gasteiger partial charge in [-0.2, -0.15) is 0 Å². The van der Waals surface area contributed by atoms with Crippen LogP contribution in [0.5, 0.6) is 0 Å². The van der Waals surface area contributed by atoms with Crippen molar-refractivity contribution in [2.45, 2.75) is 19.9 Å². The quantitative estimate of drug-likeness (QED) is 0.631. The van der Waals surface area contributed by atoms with Crippen molar-refractivity contribution >= 4 is 23.0 Å². The van der Waals surface area contributed by atoms with Crippen molar-refractivity contribution in [2.75, 3.05) is 36.4 Å². The Bertz CT molecular complexity index is 882. The number of carbonyl (C=O) groups excluding carboxylic acids is 1. The minimum Gasteiger partial charge on any atom is -0.367 e. The van der Waals surface area contributed by atoms with E-state index in [4.69, 9.17) is 0 Å². The number of nitro benzene ring substituents is 1. The lowest BCUT2D eigenvalue weighted by molar-refractivity contribution is -0.384. The van der Waals surface area contributed by atoms with Gasteiger partial charge in [0.1, 0.15) is 5.82 Å². The second-order valence-corrected chi connectivity index (χ2v) is 6.90. The van der Waals surface area contributed by atoms with Crippen molar-refractivity contribution in [2.24, 2.45) is 0 Å². The van der Waals surface area contributed by atoms with Crippen LogP contribution < -0.4 is 10.2 Å². The molecule has 1 amide bonds. The molecule has 1 saturated heterocycles. The van der Waals surface area contributed by atoms with E-state index in [1.54, 1.807) is 25.1 Å². The average molecular weight is 386 g/mol. The minimum atomic E-state index is -0.462. The molecule has 0 spiro atoms. The van der Waals surface area contributed by atoms with E-state index >= 15 is 0 Å². The number of carbonyl (C=O) groups is 1. The molecular formula is C20H23FN4O3. The number of nitrogens with one attached hydrogen (secondary N) is 1. The number of hydrogen-bond acceptors (Lipinski definition) is 5. The molecule has 0 radical (unpaired) electrons. The van der Waals surface area contributed by atoms with Crippen LogP contribution in [0.3, 0.4) is 0 Å². The number of nitrogens with zero attached hydrogens (tertiary/aromatic N) is 3. The maximum Gasteiger partial charge on any atom is 0.269 e. The number of hydrogen-bond donors (Lipinski definition) is 1. The Kier molecular flexibility index (Phi) is 5.89. The van der Waals surface area contributed by atoms with Crippen molar-refractivity contribution < 1.29 is 14.1 Å². The van der Waals surface area contributed by atoms with E-state index in [2.05, 4.69) is 5.32 Å². The minimum absolute atomic E-state index is 0.00665. The molecule has 8 heteroatoms. The normalized spacial score (nSPS) is 15.9. The van der Waals surface area contributed by atoms with Gasteiger partial charge in [0, 0.05) is 44.0 Å². The van der Waals surface area contributed by atoms with Crippen LogP contribution in [0.15, 0.2) is 42.5 Å². The Labute approximate surface area is 162 Å². The van der Waals surface area contributed by atoms with Gasteiger partial charge in [0.2, 0.25) is 5.91 Å². The molecule has 3 rings (SSSR count).